The van der Waals surface area contributed by atoms with Gasteiger partial charge in [0, 0.05) is 12.0 Å². The van der Waals surface area contributed by atoms with Crippen LogP contribution < -0.4 is 5.73 Å². The minimum atomic E-state index is -0.387. The van der Waals surface area contributed by atoms with Crippen molar-refractivity contribution in [2.75, 3.05) is 0 Å². The summed E-state index contributed by atoms with van der Waals surface area (Å²) in [6.07, 6.45) is 9.46. The van der Waals surface area contributed by atoms with Gasteiger partial charge in [-0.25, -0.2) is 0 Å². The van der Waals surface area contributed by atoms with E-state index in [0.717, 1.165) is 31.3 Å². The lowest BCUT2D eigenvalue weighted by atomic mass is 9.33. The summed E-state index contributed by atoms with van der Waals surface area (Å²) in [7, 11) is 0. The fourth-order valence-electron chi connectivity index (χ4n) is 10.6. The fraction of sp³-hybridized carbons (Fsp3) is 0.897. The summed E-state index contributed by atoms with van der Waals surface area (Å²) >= 11 is 0. The molecule has 188 valence electrons. The van der Waals surface area contributed by atoms with Crippen LogP contribution in [0.25, 0.3) is 0 Å². The van der Waals surface area contributed by atoms with Crippen LogP contribution in [0.4, 0.5) is 0 Å². The predicted octanol–water partition coefficient (Wildman–Crippen LogP) is 6.46. The van der Waals surface area contributed by atoms with Gasteiger partial charge in [-0.2, -0.15) is 0 Å². The molecule has 0 unspecified atom stereocenters. The van der Waals surface area contributed by atoms with Crippen LogP contribution in [-0.2, 0) is 4.79 Å². The number of carbonyl (C=O) groups is 1. The van der Waals surface area contributed by atoms with Gasteiger partial charge in [0.1, 0.15) is 0 Å². The van der Waals surface area contributed by atoms with E-state index in [4.69, 9.17) is 5.73 Å². The van der Waals surface area contributed by atoms with Crippen molar-refractivity contribution in [3.63, 3.8) is 0 Å². The summed E-state index contributed by atoms with van der Waals surface area (Å²) in [6, 6.07) is 0. The van der Waals surface area contributed by atoms with E-state index in [-0.39, 0.29) is 46.2 Å². The lowest BCUT2D eigenvalue weighted by Gasteiger charge is -2.72. The molecule has 3 nitrogen and oxygen atoms in total. The highest BCUT2D eigenvalue weighted by atomic mass is 35.5. The minimum Gasteiger partial charge on any atom is -0.393 e. The number of fused-ring (bicyclic) bond motifs is 7. The van der Waals surface area contributed by atoms with Gasteiger partial charge >= 0.3 is 0 Å². The summed E-state index contributed by atoms with van der Waals surface area (Å²) < 4.78 is 0. The maximum Gasteiger partial charge on any atom is 0.161 e. The first kappa shape index (κ1) is 25.7. The Morgan fingerprint density at radius 1 is 0.879 bits per heavy atom. The van der Waals surface area contributed by atoms with Crippen molar-refractivity contribution in [3.05, 3.63) is 11.1 Å². The van der Waals surface area contributed by atoms with Crippen molar-refractivity contribution in [1.29, 1.82) is 0 Å². The monoisotopic (exact) mass is 477 g/mol. The number of carbonyl (C=O) groups excluding carboxylic acids is 1. The number of hydrogen-bond acceptors (Lipinski definition) is 3. The normalized spacial score (nSPS) is 50.8. The topological polar surface area (TPSA) is 63.3 Å². The zero-order valence-corrected chi connectivity index (χ0v) is 22.9. The molecule has 0 amide bonds. The number of halogens is 1. The highest BCUT2D eigenvalue weighted by molar-refractivity contribution is 6.01. The molecule has 0 aromatic rings. The lowest BCUT2D eigenvalue weighted by Crippen LogP contribution is -2.66. The van der Waals surface area contributed by atoms with Crippen LogP contribution in [0.5, 0.6) is 0 Å². The van der Waals surface area contributed by atoms with E-state index >= 15 is 0 Å². The molecule has 0 radical (unpaired) electrons. The molecule has 5 aliphatic carbocycles. The summed E-state index contributed by atoms with van der Waals surface area (Å²) in [6.45, 7) is 16.8. The number of aliphatic hydroxyl groups excluding tert-OH is 1. The van der Waals surface area contributed by atoms with Crippen LogP contribution in [0.3, 0.4) is 0 Å². The van der Waals surface area contributed by atoms with E-state index in [2.05, 4.69) is 48.5 Å². The Morgan fingerprint density at radius 2 is 1.55 bits per heavy atom. The fourth-order valence-corrected chi connectivity index (χ4v) is 10.6. The first-order valence-corrected chi connectivity index (χ1v) is 13.5. The van der Waals surface area contributed by atoms with Crippen molar-refractivity contribution in [3.8, 4) is 0 Å². The first-order chi connectivity index (χ1) is 14.7. The number of Topliss-reactive ketones (excluding diaryl/α,β-unsaturated/α-hetero) is 1. The Labute approximate surface area is 208 Å². The molecule has 0 aromatic carbocycles. The van der Waals surface area contributed by atoms with Crippen LogP contribution >= 0.6 is 12.4 Å². The third-order valence-corrected chi connectivity index (χ3v) is 12.5. The molecule has 4 fully saturated rings. The van der Waals surface area contributed by atoms with Gasteiger partial charge in [-0.15, -0.1) is 12.4 Å². The number of rotatable bonds is 1. The Balaban J connectivity index is 0.00000259. The van der Waals surface area contributed by atoms with E-state index in [1.54, 1.807) is 0 Å². The van der Waals surface area contributed by atoms with Gasteiger partial charge in [0.2, 0.25) is 0 Å². The van der Waals surface area contributed by atoms with E-state index in [1.165, 1.54) is 31.3 Å². The number of nitrogens with two attached hydrogens (primary N) is 1. The number of allylic oxidation sites excluding steroid dienone is 1. The molecule has 0 heterocycles. The molecule has 0 saturated heterocycles. The van der Waals surface area contributed by atoms with Gasteiger partial charge < -0.3 is 10.8 Å². The van der Waals surface area contributed by atoms with Crippen molar-refractivity contribution in [2.45, 2.75) is 118 Å². The molecule has 0 spiro atoms. The van der Waals surface area contributed by atoms with Gasteiger partial charge in [-0.05, 0) is 108 Å². The molecule has 0 bridgehead atoms. The summed E-state index contributed by atoms with van der Waals surface area (Å²) in [4.78, 5) is 13.1. The Hall–Kier alpha value is -0.380. The zero-order chi connectivity index (χ0) is 23.5. The Kier molecular flexibility index (Phi) is 5.89. The largest absolute Gasteiger partial charge is 0.393 e. The molecule has 0 aliphatic heterocycles. The van der Waals surface area contributed by atoms with Crippen LogP contribution in [0.2, 0.25) is 0 Å². The Morgan fingerprint density at radius 3 is 2.18 bits per heavy atom. The SMILES string of the molecule is CC(C)C1=C2[C@H]3CC[C@@H]4[C@@]5(C)CC[C@H](O)C(C)(C)[C@@H]5CC[C@@]4(C)[C@]3(C)CC[C@@]2(N)CC1=O.Cl. The molecule has 33 heavy (non-hydrogen) atoms. The molecule has 5 aliphatic rings. The van der Waals surface area contributed by atoms with Crippen molar-refractivity contribution in [2.24, 2.45) is 51.1 Å². The Bertz CT molecular complexity index is 879. The molecular weight excluding hydrogens is 430 g/mol. The van der Waals surface area contributed by atoms with Gasteiger partial charge in [-0.1, -0.05) is 48.5 Å². The van der Waals surface area contributed by atoms with E-state index in [9.17, 15) is 9.90 Å². The highest BCUT2D eigenvalue weighted by Crippen LogP contribution is 2.75. The van der Waals surface area contributed by atoms with Gasteiger partial charge in [0.15, 0.2) is 5.78 Å². The minimum absolute atomic E-state index is 0. The van der Waals surface area contributed by atoms with Crippen LogP contribution in [0.1, 0.15) is 106 Å². The first-order valence-electron chi connectivity index (χ1n) is 13.5. The summed E-state index contributed by atoms with van der Waals surface area (Å²) in [5, 5.41) is 10.9. The maximum absolute atomic E-state index is 13.1. The third kappa shape index (κ3) is 3.03. The molecule has 5 rings (SSSR count). The van der Waals surface area contributed by atoms with Crippen LogP contribution in [-0.4, -0.2) is 22.5 Å². The van der Waals surface area contributed by atoms with Crippen molar-refractivity contribution in [1.82, 2.24) is 0 Å². The standard InChI is InChI=1S/C29H47NO2.ClH/c1-17(2)23-19(31)16-29(30)15-14-27(6)18(24(23)29)8-9-21-26(5)12-11-22(32)25(3,4)20(26)10-13-28(21,27)7;/h17-18,20-22,32H,8-16,30H2,1-7H3;1H/t18-,20+,21-,22+,26+,27-,28-,29-;/m1./s1. The maximum atomic E-state index is 13.1. The van der Waals surface area contributed by atoms with Gasteiger partial charge in [0.25, 0.3) is 0 Å². The summed E-state index contributed by atoms with van der Waals surface area (Å²) in [5.41, 5.74) is 9.87. The number of ketones is 1. The summed E-state index contributed by atoms with van der Waals surface area (Å²) in [5.74, 6) is 2.33. The molecular formula is C29H48ClNO2. The van der Waals surface area contributed by atoms with Crippen molar-refractivity contribution >= 4 is 18.2 Å². The smallest absolute Gasteiger partial charge is 0.161 e. The van der Waals surface area contributed by atoms with E-state index in [1.807, 2.05) is 0 Å². The highest BCUT2D eigenvalue weighted by Gasteiger charge is 2.69. The molecule has 8 atom stereocenters. The number of aliphatic hydroxyl groups is 1. The average molecular weight is 478 g/mol. The third-order valence-electron chi connectivity index (χ3n) is 12.5. The quantitative estimate of drug-likeness (QED) is 0.455. The predicted molar refractivity (Wildman–Crippen MR) is 137 cm³/mol. The second-order valence-electron chi connectivity index (χ2n) is 14.2. The zero-order valence-electron chi connectivity index (χ0n) is 22.1. The van der Waals surface area contributed by atoms with Crippen molar-refractivity contribution < 1.29 is 9.90 Å². The molecule has 4 heteroatoms. The molecule has 0 aromatic heterocycles. The molecule has 3 N–H and O–H groups in total. The van der Waals surface area contributed by atoms with Gasteiger partial charge in [0.05, 0.1) is 6.10 Å². The van der Waals surface area contributed by atoms with E-state index < -0.39 is 0 Å². The van der Waals surface area contributed by atoms with Crippen LogP contribution in [0.15, 0.2) is 11.1 Å². The molecule has 4 saturated carbocycles. The van der Waals surface area contributed by atoms with E-state index in [0.29, 0.717) is 35.4 Å². The lowest BCUT2D eigenvalue weighted by molar-refractivity contribution is -0.226. The number of hydrogen-bond donors (Lipinski definition) is 2. The second kappa shape index (κ2) is 7.56. The van der Waals surface area contributed by atoms with Gasteiger partial charge in [-0.3, -0.25) is 4.79 Å². The second-order valence-corrected chi connectivity index (χ2v) is 14.2. The van der Waals surface area contributed by atoms with Crippen LogP contribution in [0, 0.1) is 45.3 Å². The average Bonchev–Trinajstić information content (AvgIpc) is 2.96.